The summed E-state index contributed by atoms with van der Waals surface area (Å²) < 4.78 is 10.3. The van der Waals surface area contributed by atoms with Gasteiger partial charge in [0, 0.05) is 26.2 Å². The van der Waals surface area contributed by atoms with Crippen molar-refractivity contribution in [2.24, 2.45) is 5.92 Å². The summed E-state index contributed by atoms with van der Waals surface area (Å²) in [6.45, 7) is 3.55. The van der Waals surface area contributed by atoms with Crippen molar-refractivity contribution in [3.8, 4) is 0 Å². The maximum Gasteiger partial charge on any atom is 0.307 e. The number of amides is 1. The van der Waals surface area contributed by atoms with Crippen molar-refractivity contribution in [1.82, 2.24) is 9.80 Å². The van der Waals surface area contributed by atoms with Gasteiger partial charge in [0.25, 0.3) is 0 Å². The molecule has 0 N–H and O–H groups in total. The summed E-state index contributed by atoms with van der Waals surface area (Å²) in [4.78, 5) is 28.0. The van der Waals surface area contributed by atoms with Crippen LogP contribution in [0.5, 0.6) is 0 Å². The third kappa shape index (κ3) is 4.68. The molecule has 2 saturated heterocycles. The van der Waals surface area contributed by atoms with Crippen LogP contribution in [0.2, 0.25) is 0 Å². The molecule has 0 spiro atoms. The van der Waals surface area contributed by atoms with Crippen LogP contribution in [0.3, 0.4) is 0 Å². The molecule has 0 radical (unpaired) electrons. The largest absolute Gasteiger partial charge is 0.469 e. The molecule has 0 aromatic rings. The van der Waals surface area contributed by atoms with Gasteiger partial charge in [0.2, 0.25) is 5.91 Å². The van der Waals surface area contributed by atoms with Crippen LogP contribution in [0, 0.1) is 5.92 Å². The van der Waals surface area contributed by atoms with Gasteiger partial charge in [-0.2, -0.15) is 0 Å². The number of esters is 1. The van der Waals surface area contributed by atoms with Gasteiger partial charge >= 0.3 is 5.97 Å². The highest BCUT2D eigenvalue weighted by molar-refractivity contribution is 5.80. The summed E-state index contributed by atoms with van der Waals surface area (Å²) in [6.07, 6.45) is 3.31. The molecular weight excluding hydrogens is 272 g/mol. The predicted molar refractivity (Wildman–Crippen MR) is 77.8 cm³/mol. The Kier molecular flexibility index (Phi) is 5.99. The molecule has 6 nitrogen and oxygen atoms in total. The first kappa shape index (κ1) is 16.2. The Hall–Kier alpha value is -1.14. The number of methoxy groups -OCH3 is 1. The molecule has 0 aromatic heterocycles. The van der Waals surface area contributed by atoms with Gasteiger partial charge in [-0.05, 0) is 32.9 Å². The number of carbonyl (C=O) groups is 2. The Labute approximate surface area is 126 Å². The minimum absolute atomic E-state index is 0.0500. The first-order valence-corrected chi connectivity index (χ1v) is 7.76. The number of likely N-dealkylation sites (tertiary alicyclic amines) is 1. The minimum Gasteiger partial charge on any atom is -0.469 e. The zero-order valence-corrected chi connectivity index (χ0v) is 13.0. The molecule has 2 atom stereocenters. The Morgan fingerprint density at radius 2 is 2.19 bits per heavy atom. The van der Waals surface area contributed by atoms with E-state index >= 15 is 0 Å². The predicted octanol–water partition coefficient (Wildman–Crippen LogP) is 0.509. The van der Waals surface area contributed by atoms with Crippen molar-refractivity contribution in [2.45, 2.75) is 31.8 Å². The van der Waals surface area contributed by atoms with Gasteiger partial charge in [-0.1, -0.05) is 0 Å². The van der Waals surface area contributed by atoms with Crippen LogP contribution in [0.1, 0.15) is 25.7 Å². The molecular formula is C15H26N2O4. The zero-order valence-electron chi connectivity index (χ0n) is 13.0. The van der Waals surface area contributed by atoms with Crippen molar-refractivity contribution in [1.29, 1.82) is 0 Å². The lowest BCUT2D eigenvalue weighted by molar-refractivity contribution is -0.143. The summed E-state index contributed by atoms with van der Waals surface area (Å²) in [5.74, 6) is -0.0727. The van der Waals surface area contributed by atoms with Gasteiger partial charge < -0.3 is 19.3 Å². The fourth-order valence-corrected chi connectivity index (χ4v) is 3.05. The molecule has 0 aromatic carbocycles. The SMILES string of the molecule is COC(=O)CCN(CC1CCCO1)C(=O)C1CCN(C)C1. The average molecular weight is 298 g/mol. The topological polar surface area (TPSA) is 59.1 Å². The summed E-state index contributed by atoms with van der Waals surface area (Å²) in [6, 6.07) is 0. The number of rotatable bonds is 6. The highest BCUT2D eigenvalue weighted by Gasteiger charge is 2.31. The molecule has 2 aliphatic rings. The van der Waals surface area contributed by atoms with E-state index in [0.29, 0.717) is 13.1 Å². The lowest BCUT2D eigenvalue weighted by Crippen LogP contribution is -2.42. The molecule has 2 rings (SSSR count). The molecule has 2 heterocycles. The summed E-state index contributed by atoms with van der Waals surface area (Å²) in [7, 11) is 3.41. The van der Waals surface area contributed by atoms with E-state index in [2.05, 4.69) is 9.64 Å². The molecule has 0 bridgehead atoms. The van der Waals surface area contributed by atoms with Crippen molar-refractivity contribution < 1.29 is 19.1 Å². The average Bonchev–Trinajstić information content (AvgIpc) is 3.13. The van der Waals surface area contributed by atoms with Crippen LogP contribution in [0.25, 0.3) is 0 Å². The van der Waals surface area contributed by atoms with E-state index in [1.807, 2.05) is 7.05 Å². The smallest absolute Gasteiger partial charge is 0.307 e. The highest BCUT2D eigenvalue weighted by Crippen LogP contribution is 2.20. The van der Waals surface area contributed by atoms with Gasteiger partial charge in [0.15, 0.2) is 0 Å². The maximum atomic E-state index is 12.7. The summed E-state index contributed by atoms with van der Waals surface area (Å²) >= 11 is 0. The maximum absolute atomic E-state index is 12.7. The molecule has 0 saturated carbocycles. The second-order valence-corrected chi connectivity index (χ2v) is 5.99. The van der Waals surface area contributed by atoms with E-state index in [1.54, 1.807) is 4.90 Å². The summed E-state index contributed by atoms with van der Waals surface area (Å²) in [5.41, 5.74) is 0. The van der Waals surface area contributed by atoms with Gasteiger partial charge in [0.1, 0.15) is 0 Å². The van der Waals surface area contributed by atoms with E-state index in [1.165, 1.54) is 7.11 Å². The quantitative estimate of drug-likeness (QED) is 0.669. The number of hydrogen-bond acceptors (Lipinski definition) is 5. The zero-order chi connectivity index (χ0) is 15.2. The molecule has 6 heteroatoms. The first-order chi connectivity index (χ1) is 10.1. The number of hydrogen-bond donors (Lipinski definition) is 0. The first-order valence-electron chi connectivity index (χ1n) is 7.76. The standard InChI is InChI=1S/C15H26N2O4/c1-16-7-5-12(10-16)15(19)17(8-6-14(18)20-2)11-13-4-3-9-21-13/h12-13H,3-11H2,1-2H3. The third-order valence-corrected chi connectivity index (χ3v) is 4.31. The third-order valence-electron chi connectivity index (χ3n) is 4.31. The molecule has 0 aliphatic carbocycles. The molecule has 2 fully saturated rings. The van der Waals surface area contributed by atoms with Crippen LogP contribution < -0.4 is 0 Å². The minimum atomic E-state index is -0.274. The monoisotopic (exact) mass is 298 g/mol. The molecule has 2 aliphatic heterocycles. The lowest BCUT2D eigenvalue weighted by Gasteiger charge is -2.27. The van der Waals surface area contributed by atoms with Crippen LogP contribution in [-0.2, 0) is 19.1 Å². The van der Waals surface area contributed by atoms with Crippen molar-refractivity contribution >= 4 is 11.9 Å². The van der Waals surface area contributed by atoms with E-state index < -0.39 is 0 Å². The fraction of sp³-hybridized carbons (Fsp3) is 0.867. The van der Waals surface area contributed by atoms with Crippen molar-refractivity contribution in [3.05, 3.63) is 0 Å². The summed E-state index contributed by atoms with van der Waals surface area (Å²) in [5, 5.41) is 0. The lowest BCUT2D eigenvalue weighted by atomic mass is 10.1. The van der Waals surface area contributed by atoms with Gasteiger partial charge in [0.05, 0.1) is 25.6 Å². The Bertz CT molecular complexity index is 369. The van der Waals surface area contributed by atoms with Gasteiger partial charge in [-0.3, -0.25) is 9.59 Å². The van der Waals surface area contributed by atoms with Crippen LogP contribution in [0.15, 0.2) is 0 Å². The van der Waals surface area contributed by atoms with Crippen LogP contribution in [-0.4, -0.2) is 74.7 Å². The Morgan fingerprint density at radius 1 is 1.38 bits per heavy atom. The molecule has 120 valence electrons. The number of ether oxygens (including phenoxy) is 2. The number of nitrogens with zero attached hydrogens (tertiary/aromatic N) is 2. The molecule has 21 heavy (non-hydrogen) atoms. The van der Waals surface area contributed by atoms with E-state index in [9.17, 15) is 9.59 Å². The fourth-order valence-electron chi connectivity index (χ4n) is 3.05. The van der Waals surface area contributed by atoms with Gasteiger partial charge in [-0.25, -0.2) is 0 Å². The number of carbonyl (C=O) groups excluding carboxylic acids is 2. The van der Waals surface area contributed by atoms with Crippen LogP contribution in [0.4, 0.5) is 0 Å². The highest BCUT2D eigenvalue weighted by atomic mass is 16.5. The normalized spacial score (nSPS) is 26.0. The van der Waals surface area contributed by atoms with Crippen molar-refractivity contribution in [2.75, 3.05) is 46.9 Å². The Morgan fingerprint density at radius 3 is 2.76 bits per heavy atom. The second kappa shape index (κ2) is 7.75. The van der Waals surface area contributed by atoms with Crippen LogP contribution >= 0.6 is 0 Å². The van der Waals surface area contributed by atoms with E-state index in [-0.39, 0.29) is 30.3 Å². The van der Waals surface area contributed by atoms with E-state index in [0.717, 1.165) is 39.0 Å². The van der Waals surface area contributed by atoms with E-state index in [4.69, 9.17) is 4.74 Å². The molecule has 2 unspecified atom stereocenters. The second-order valence-electron chi connectivity index (χ2n) is 5.99. The Balaban J connectivity index is 1.92. The molecule has 1 amide bonds. The van der Waals surface area contributed by atoms with Crippen molar-refractivity contribution in [3.63, 3.8) is 0 Å². The van der Waals surface area contributed by atoms with Gasteiger partial charge in [-0.15, -0.1) is 0 Å².